The maximum absolute atomic E-state index is 12.1. The minimum absolute atomic E-state index is 0.00893. The van der Waals surface area contributed by atoms with Gasteiger partial charge in [0.1, 0.15) is 5.54 Å². The summed E-state index contributed by atoms with van der Waals surface area (Å²) in [4.78, 5) is 23.3. The third-order valence-electron chi connectivity index (χ3n) is 3.71. The largest absolute Gasteiger partial charge is 0.374 e. The summed E-state index contributed by atoms with van der Waals surface area (Å²) < 4.78 is 0. The molecule has 6 heteroatoms. The van der Waals surface area contributed by atoms with Crippen LogP contribution in [0.2, 0.25) is 0 Å². The van der Waals surface area contributed by atoms with Gasteiger partial charge in [-0.15, -0.1) is 0 Å². The predicted octanol–water partition coefficient (Wildman–Crippen LogP) is 2.42. The van der Waals surface area contributed by atoms with Crippen LogP contribution in [0.3, 0.4) is 0 Å². The second-order valence-electron chi connectivity index (χ2n) is 6.10. The molecule has 1 aromatic carbocycles. The fraction of sp³-hybridized carbons (Fsp3) is 0.471. The van der Waals surface area contributed by atoms with Crippen molar-refractivity contribution in [1.82, 2.24) is 5.32 Å². The van der Waals surface area contributed by atoms with E-state index in [-0.39, 0.29) is 24.3 Å². The van der Waals surface area contributed by atoms with E-state index in [0.717, 1.165) is 5.56 Å². The Morgan fingerprint density at radius 2 is 1.96 bits per heavy atom. The van der Waals surface area contributed by atoms with Gasteiger partial charge in [0.2, 0.25) is 11.8 Å². The van der Waals surface area contributed by atoms with Crippen molar-refractivity contribution in [3.05, 3.63) is 23.8 Å². The van der Waals surface area contributed by atoms with Crippen molar-refractivity contribution in [3.8, 4) is 6.07 Å². The molecule has 0 aliphatic rings. The van der Waals surface area contributed by atoms with Gasteiger partial charge in [0.25, 0.3) is 0 Å². The fourth-order valence-corrected chi connectivity index (χ4v) is 1.91. The van der Waals surface area contributed by atoms with E-state index in [1.807, 2.05) is 32.9 Å². The molecule has 124 valence electrons. The van der Waals surface area contributed by atoms with E-state index < -0.39 is 5.54 Å². The highest BCUT2D eigenvalue weighted by Gasteiger charge is 2.29. The minimum Gasteiger partial charge on any atom is -0.374 e. The zero-order valence-electron chi connectivity index (χ0n) is 14.3. The molecular formula is C17H24N4O2. The van der Waals surface area contributed by atoms with Crippen molar-refractivity contribution in [2.45, 2.75) is 40.2 Å². The van der Waals surface area contributed by atoms with Gasteiger partial charge in [-0.2, -0.15) is 5.26 Å². The summed E-state index contributed by atoms with van der Waals surface area (Å²) in [6.07, 6.45) is 0. The standard InChI is InChI=1S/C17H24N4O2/c1-11(2)17(5,10-18)21-16(23)9-19-15-8-12(3)6-7-14(15)20-13(4)22/h6-8,11,19H,9H2,1-5H3,(H,20,22)(H,21,23)/t17-/m1/s1. The van der Waals surface area contributed by atoms with Crippen molar-refractivity contribution >= 4 is 23.2 Å². The summed E-state index contributed by atoms with van der Waals surface area (Å²) in [5.41, 5.74) is 1.37. The number of hydrogen-bond acceptors (Lipinski definition) is 4. The number of anilines is 2. The number of nitrogens with one attached hydrogen (secondary N) is 3. The number of nitrogens with zero attached hydrogens (tertiary/aromatic N) is 1. The van der Waals surface area contributed by atoms with Crippen molar-refractivity contribution in [2.75, 3.05) is 17.2 Å². The van der Waals surface area contributed by atoms with Crippen LogP contribution >= 0.6 is 0 Å². The first kappa shape index (κ1) is 18.5. The SMILES string of the molecule is CC(=O)Nc1ccc(C)cc1NCC(=O)N[C@](C)(C#N)C(C)C. The molecular weight excluding hydrogens is 292 g/mol. The lowest BCUT2D eigenvalue weighted by atomic mass is 9.90. The third-order valence-corrected chi connectivity index (χ3v) is 3.71. The van der Waals surface area contributed by atoms with Gasteiger partial charge in [-0.3, -0.25) is 9.59 Å². The molecule has 0 aromatic heterocycles. The number of rotatable bonds is 6. The summed E-state index contributed by atoms with van der Waals surface area (Å²) in [5, 5.41) is 17.7. The van der Waals surface area contributed by atoms with E-state index in [4.69, 9.17) is 0 Å². The monoisotopic (exact) mass is 316 g/mol. The highest BCUT2D eigenvalue weighted by molar-refractivity contribution is 5.93. The van der Waals surface area contributed by atoms with E-state index in [1.165, 1.54) is 6.92 Å². The molecule has 3 N–H and O–H groups in total. The van der Waals surface area contributed by atoms with E-state index in [0.29, 0.717) is 11.4 Å². The van der Waals surface area contributed by atoms with Crippen molar-refractivity contribution < 1.29 is 9.59 Å². The Labute approximate surface area is 137 Å². The van der Waals surface area contributed by atoms with Crippen LogP contribution in [-0.2, 0) is 9.59 Å². The first-order valence-electron chi connectivity index (χ1n) is 7.52. The Morgan fingerprint density at radius 3 is 2.48 bits per heavy atom. The number of nitriles is 1. The highest BCUT2D eigenvalue weighted by Crippen LogP contribution is 2.23. The topological polar surface area (TPSA) is 94.0 Å². The zero-order valence-corrected chi connectivity index (χ0v) is 14.3. The molecule has 0 fully saturated rings. The van der Waals surface area contributed by atoms with Gasteiger partial charge >= 0.3 is 0 Å². The molecule has 0 heterocycles. The van der Waals surface area contributed by atoms with Gasteiger partial charge in [0.05, 0.1) is 24.0 Å². The lowest BCUT2D eigenvalue weighted by Gasteiger charge is -2.27. The summed E-state index contributed by atoms with van der Waals surface area (Å²) in [5.74, 6) is -0.471. The smallest absolute Gasteiger partial charge is 0.240 e. The molecule has 0 spiro atoms. The van der Waals surface area contributed by atoms with Gasteiger partial charge in [-0.1, -0.05) is 19.9 Å². The Morgan fingerprint density at radius 1 is 1.30 bits per heavy atom. The molecule has 0 radical (unpaired) electrons. The maximum atomic E-state index is 12.1. The highest BCUT2D eigenvalue weighted by atomic mass is 16.2. The lowest BCUT2D eigenvalue weighted by Crippen LogP contribution is -2.50. The zero-order chi connectivity index (χ0) is 17.6. The Bertz CT molecular complexity index is 634. The van der Waals surface area contributed by atoms with Gasteiger partial charge in [0, 0.05) is 6.92 Å². The first-order valence-corrected chi connectivity index (χ1v) is 7.52. The molecule has 0 unspecified atom stereocenters. The second kappa shape index (κ2) is 7.63. The summed E-state index contributed by atoms with van der Waals surface area (Å²) in [7, 11) is 0. The lowest BCUT2D eigenvalue weighted by molar-refractivity contribution is -0.121. The van der Waals surface area contributed by atoms with Crippen LogP contribution in [0.5, 0.6) is 0 Å². The van der Waals surface area contributed by atoms with E-state index in [2.05, 4.69) is 22.0 Å². The second-order valence-corrected chi connectivity index (χ2v) is 6.10. The third kappa shape index (κ3) is 5.29. The van der Waals surface area contributed by atoms with Crippen molar-refractivity contribution in [3.63, 3.8) is 0 Å². The van der Waals surface area contributed by atoms with Crippen LogP contribution in [0.15, 0.2) is 18.2 Å². The quantitative estimate of drug-likeness (QED) is 0.751. The number of amides is 2. The molecule has 1 rings (SSSR count). The molecule has 2 amide bonds. The van der Waals surface area contributed by atoms with Gasteiger partial charge < -0.3 is 16.0 Å². The fourth-order valence-electron chi connectivity index (χ4n) is 1.91. The molecule has 23 heavy (non-hydrogen) atoms. The molecule has 0 saturated carbocycles. The van der Waals surface area contributed by atoms with Crippen LogP contribution in [0.25, 0.3) is 0 Å². The average Bonchev–Trinajstić information content (AvgIpc) is 2.46. The van der Waals surface area contributed by atoms with E-state index >= 15 is 0 Å². The first-order chi connectivity index (χ1) is 10.7. The van der Waals surface area contributed by atoms with Gasteiger partial charge in [-0.25, -0.2) is 0 Å². The average molecular weight is 316 g/mol. The minimum atomic E-state index is -0.911. The van der Waals surface area contributed by atoms with E-state index in [1.54, 1.807) is 13.0 Å². The molecule has 0 aliphatic carbocycles. The van der Waals surface area contributed by atoms with Crippen LogP contribution in [0.4, 0.5) is 11.4 Å². The Balaban J connectivity index is 2.78. The number of hydrogen-bond donors (Lipinski definition) is 3. The molecule has 1 aromatic rings. The van der Waals surface area contributed by atoms with E-state index in [9.17, 15) is 14.9 Å². The van der Waals surface area contributed by atoms with Gasteiger partial charge in [-0.05, 0) is 37.5 Å². The van der Waals surface area contributed by atoms with Crippen molar-refractivity contribution in [2.24, 2.45) is 5.92 Å². The molecule has 0 aliphatic heterocycles. The van der Waals surface area contributed by atoms with Crippen LogP contribution in [-0.4, -0.2) is 23.9 Å². The number of aryl methyl sites for hydroxylation is 1. The number of benzene rings is 1. The Hall–Kier alpha value is -2.55. The molecule has 0 bridgehead atoms. The number of carbonyl (C=O) groups is 2. The van der Waals surface area contributed by atoms with Crippen LogP contribution in [0, 0.1) is 24.2 Å². The number of carbonyl (C=O) groups excluding carboxylic acids is 2. The normalized spacial score (nSPS) is 12.9. The van der Waals surface area contributed by atoms with Crippen molar-refractivity contribution in [1.29, 1.82) is 5.26 Å². The van der Waals surface area contributed by atoms with Crippen LogP contribution < -0.4 is 16.0 Å². The van der Waals surface area contributed by atoms with Crippen LogP contribution in [0.1, 0.15) is 33.3 Å². The maximum Gasteiger partial charge on any atom is 0.240 e. The molecule has 0 saturated heterocycles. The Kier molecular flexibility index (Phi) is 6.14. The molecule has 1 atom stereocenters. The molecule has 6 nitrogen and oxygen atoms in total. The van der Waals surface area contributed by atoms with Gasteiger partial charge in [0.15, 0.2) is 0 Å². The summed E-state index contributed by atoms with van der Waals surface area (Å²) >= 11 is 0. The predicted molar refractivity (Wildman–Crippen MR) is 91.0 cm³/mol. The summed E-state index contributed by atoms with van der Waals surface area (Å²) in [6.45, 7) is 8.83. The summed E-state index contributed by atoms with van der Waals surface area (Å²) in [6, 6.07) is 7.65.